The van der Waals surface area contributed by atoms with Crippen LogP contribution in [0.5, 0.6) is 0 Å². The second kappa shape index (κ2) is 6.07. The maximum absolute atomic E-state index is 12.5. The van der Waals surface area contributed by atoms with Gasteiger partial charge in [-0.05, 0) is 25.2 Å². The van der Waals surface area contributed by atoms with E-state index in [1.54, 1.807) is 0 Å². The molecule has 0 aliphatic heterocycles. The van der Waals surface area contributed by atoms with Crippen LogP contribution < -0.4 is 5.32 Å². The minimum absolute atomic E-state index is 0.00718. The number of hydrogen-bond donors (Lipinski definition) is 1. The molecule has 0 bridgehead atoms. The molecule has 1 aliphatic rings. The molecule has 2 amide bonds. The van der Waals surface area contributed by atoms with Gasteiger partial charge in [-0.1, -0.05) is 20.8 Å². The fourth-order valence-electron chi connectivity index (χ4n) is 2.17. The smallest absolute Gasteiger partial charge is 0.407 e. The summed E-state index contributed by atoms with van der Waals surface area (Å²) in [6, 6.07) is -0.173. The number of methoxy groups -OCH3 is 1. The van der Waals surface area contributed by atoms with E-state index in [-0.39, 0.29) is 11.8 Å². The Hall–Kier alpha value is -1.26. The summed E-state index contributed by atoms with van der Waals surface area (Å²) in [4.78, 5) is 25.6. The number of rotatable bonds is 5. The molecule has 3 unspecified atom stereocenters. The van der Waals surface area contributed by atoms with Gasteiger partial charge in [0, 0.05) is 12.6 Å². The molecule has 1 aliphatic carbocycles. The zero-order valence-corrected chi connectivity index (χ0v) is 11.9. The standard InChI is InChI=1S/C13H24N2O3/c1-6-15(10-7-9(10)4)12(16)11(8(2)3)14-13(17)18-5/h8-11H,6-7H2,1-5H3,(H,14,17). The molecule has 0 radical (unpaired) electrons. The highest BCUT2D eigenvalue weighted by atomic mass is 16.5. The second-order valence-corrected chi connectivity index (χ2v) is 5.26. The van der Waals surface area contributed by atoms with Crippen LogP contribution in [0.15, 0.2) is 0 Å². The fraction of sp³-hybridized carbons (Fsp3) is 0.846. The summed E-state index contributed by atoms with van der Waals surface area (Å²) < 4.78 is 4.57. The number of alkyl carbamates (subject to hydrolysis) is 1. The fourth-order valence-corrected chi connectivity index (χ4v) is 2.17. The Morgan fingerprint density at radius 3 is 2.33 bits per heavy atom. The topological polar surface area (TPSA) is 58.6 Å². The Bertz CT molecular complexity index is 317. The molecule has 0 spiro atoms. The van der Waals surface area contributed by atoms with E-state index in [2.05, 4.69) is 17.0 Å². The lowest BCUT2D eigenvalue weighted by molar-refractivity contribution is -0.135. The third-order valence-electron chi connectivity index (χ3n) is 3.48. The van der Waals surface area contributed by atoms with Crippen LogP contribution in [0.2, 0.25) is 0 Å². The quantitative estimate of drug-likeness (QED) is 0.813. The molecule has 5 nitrogen and oxygen atoms in total. The van der Waals surface area contributed by atoms with Gasteiger partial charge in [0.05, 0.1) is 7.11 Å². The zero-order valence-electron chi connectivity index (χ0n) is 11.9. The zero-order chi connectivity index (χ0) is 13.9. The van der Waals surface area contributed by atoms with E-state index in [4.69, 9.17) is 0 Å². The van der Waals surface area contributed by atoms with Crippen molar-refractivity contribution in [2.45, 2.75) is 46.2 Å². The van der Waals surface area contributed by atoms with Crippen LogP contribution in [0, 0.1) is 11.8 Å². The van der Waals surface area contributed by atoms with Crippen LogP contribution in [-0.2, 0) is 9.53 Å². The van der Waals surface area contributed by atoms with E-state index in [0.717, 1.165) is 6.42 Å². The van der Waals surface area contributed by atoms with Gasteiger partial charge in [-0.15, -0.1) is 0 Å². The van der Waals surface area contributed by atoms with Gasteiger partial charge in [-0.2, -0.15) is 0 Å². The molecule has 0 aromatic carbocycles. The van der Waals surface area contributed by atoms with Crippen molar-refractivity contribution in [3.8, 4) is 0 Å². The summed E-state index contributed by atoms with van der Waals surface area (Å²) in [7, 11) is 1.30. The predicted molar refractivity (Wildman–Crippen MR) is 69.1 cm³/mol. The summed E-state index contributed by atoms with van der Waals surface area (Å²) in [5.41, 5.74) is 0. The molecular weight excluding hydrogens is 232 g/mol. The van der Waals surface area contributed by atoms with Crippen molar-refractivity contribution in [3.05, 3.63) is 0 Å². The van der Waals surface area contributed by atoms with Gasteiger partial charge in [0.2, 0.25) is 5.91 Å². The largest absolute Gasteiger partial charge is 0.453 e. The Balaban J connectivity index is 2.71. The summed E-state index contributed by atoms with van der Waals surface area (Å²) in [5, 5.41) is 2.63. The third-order valence-corrected chi connectivity index (χ3v) is 3.48. The van der Waals surface area contributed by atoms with Crippen LogP contribution in [0.25, 0.3) is 0 Å². The van der Waals surface area contributed by atoms with Gasteiger partial charge in [-0.25, -0.2) is 4.79 Å². The number of ether oxygens (including phenoxy) is 1. The lowest BCUT2D eigenvalue weighted by Gasteiger charge is -2.29. The minimum atomic E-state index is -0.554. The Labute approximate surface area is 109 Å². The molecule has 1 saturated carbocycles. The van der Waals surface area contributed by atoms with E-state index in [9.17, 15) is 9.59 Å². The van der Waals surface area contributed by atoms with Crippen molar-refractivity contribution in [2.24, 2.45) is 11.8 Å². The number of likely N-dealkylation sites (N-methyl/N-ethyl adjacent to an activating group) is 1. The van der Waals surface area contributed by atoms with Crippen LogP contribution in [0.3, 0.4) is 0 Å². The van der Waals surface area contributed by atoms with Gasteiger partial charge >= 0.3 is 6.09 Å². The molecule has 0 aromatic rings. The van der Waals surface area contributed by atoms with Gasteiger partial charge in [0.1, 0.15) is 6.04 Å². The molecule has 18 heavy (non-hydrogen) atoms. The number of amides is 2. The van der Waals surface area contributed by atoms with Gasteiger partial charge in [-0.3, -0.25) is 4.79 Å². The lowest BCUT2D eigenvalue weighted by Crippen LogP contribution is -2.52. The molecule has 0 saturated heterocycles. The van der Waals surface area contributed by atoms with E-state index < -0.39 is 12.1 Å². The van der Waals surface area contributed by atoms with E-state index >= 15 is 0 Å². The highest BCUT2D eigenvalue weighted by Crippen LogP contribution is 2.35. The average Bonchev–Trinajstić information content (AvgIpc) is 3.03. The van der Waals surface area contributed by atoms with E-state index in [0.29, 0.717) is 18.5 Å². The van der Waals surface area contributed by atoms with Crippen molar-refractivity contribution >= 4 is 12.0 Å². The molecule has 0 heterocycles. The first-order chi connectivity index (χ1) is 8.42. The normalized spacial score (nSPS) is 23.4. The van der Waals surface area contributed by atoms with Crippen molar-refractivity contribution in [3.63, 3.8) is 0 Å². The highest BCUT2D eigenvalue weighted by Gasteiger charge is 2.42. The molecule has 1 N–H and O–H groups in total. The molecule has 1 rings (SSSR count). The van der Waals surface area contributed by atoms with Crippen LogP contribution in [0.4, 0.5) is 4.79 Å². The second-order valence-electron chi connectivity index (χ2n) is 5.26. The first-order valence-corrected chi connectivity index (χ1v) is 6.57. The van der Waals surface area contributed by atoms with Gasteiger partial charge in [0.25, 0.3) is 0 Å². The number of hydrogen-bond acceptors (Lipinski definition) is 3. The van der Waals surface area contributed by atoms with Crippen LogP contribution >= 0.6 is 0 Å². The Kier molecular flexibility index (Phi) is 4.99. The maximum Gasteiger partial charge on any atom is 0.407 e. The van der Waals surface area contributed by atoms with Crippen LogP contribution in [-0.4, -0.2) is 42.6 Å². The van der Waals surface area contributed by atoms with Gasteiger partial charge < -0.3 is 15.0 Å². The molecule has 1 fully saturated rings. The molecular formula is C13H24N2O3. The monoisotopic (exact) mass is 256 g/mol. The Morgan fingerprint density at radius 1 is 1.44 bits per heavy atom. The van der Waals surface area contributed by atoms with Crippen LogP contribution in [0.1, 0.15) is 34.1 Å². The number of carbonyl (C=O) groups excluding carboxylic acids is 2. The SMILES string of the molecule is CCN(C(=O)C(NC(=O)OC)C(C)C)C1CC1C. The summed E-state index contributed by atoms with van der Waals surface area (Å²) in [6.45, 7) is 8.63. The number of carbonyl (C=O) groups is 2. The summed E-state index contributed by atoms with van der Waals surface area (Å²) in [5.74, 6) is 0.604. The summed E-state index contributed by atoms with van der Waals surface area (Å²) >= 11 is 0. The lowest BCUT2D eigenvalue weighted by atomic mass is 10.0. The first-order valence-electron chi connectivity index (χ1n) is 6.57. The maximum atomic E-state index is 12.5. The van der Waals surface area contributed by atoms with Crippen molar-refractivity contribution in [1.29, 1.82) is 0 Å². The van der Waals surface area contributed by atoms with E-state index in [1.165, 1.54) is 7.11 Å². The molecule has 5 heteroatoms. The van der Waals surface area contributed by atoms with Crippen molar-refractivity contribution in [1.82, 2.24) is 10.2 Å². The Morgan fingerprint density at radius 2 is 2.00 bits per heavy atom. The third kappa shape index (κ3) is 3.37. The predicted octanol–water partition coefficient (Wildman–Crippen LogP) is 1.62. The minimum Gasteiger partial charge on any atom is -0.453 e. The highest BCUT2D eigenvalue weighted by molar-refractivity contribution is 5.86. The molecule has 3 atom stereocenters. The first kappa shape index (κ1) is 14.8. The van der Waals surface area contributed by atoms with Gasteiger partial charge in [0.15, 0.2) is 0 Å². The van der Waals surface area contributed by atoms with E-state index in [1.807, 2.05) is 25.7 Å². The number of nitrogens with one attached hydrogen (secondary N) is 1. The number of nitrogens with zero attached hydrogens (tertiary/aromatic N) is 1. The van der Waals surface area contributed by atoms with Crippen molar-refractivity contribution < 1.29 is 14.3 Å². The molecule has 104 valence electrons. The molecule has 0 aromatic heterocycles. The van der Waals surface area contributed by atoms with Crippen molar-refractivity contribution in [2.75, 3.05) is 13.7 Å². The average molecular weight is 256 g/mol. The summed E-state index contributed by atoms with van der Waals surface area (Å²) in [6.07, 6.45) is 0.504.